The lowest BCUT2D eigenvalue weighted by molar-refractivity contribution is -0.227. The van der Waals surface area contributed by atoms with Crippen LogP contribution in [0.4, 0.5) is 0 Å². The number of ketones is 2. The van der Waals surface area contributed by atoms with Gasteiger partial charge in [0.1, 0.15) is 10.8 Å². The summed E-state index contributed by atoms with van der Waals surface area (Å²) in [5.74, 6) is -3.78. The maximum atomic E-state index is 12.6. The fourth-order valence-corrected chi connectivity index (χ4v) is 2.78. The third-order valence-corrected chi connectivity index (χ3v) is 4.20. The van der Waals surface area contributed by atoms with Gasteiger partial charge in [-0.1, -0.05) is 41.5 Å². The molecule has 0 atom stereocenters. The van der Waals surface area contributed by atoms with Crippen molar-refractivity contribution in [3.05, 3.63) is 0 Å². The zero-order chi connectivity index (χ0) is 22.2. The summed E-state index contributed by atoms with van der Waals surface area (Å²) in [4.78, 5) is 50.3. The van der Waals surface area contributed by atoms with Gasteiger partial charge < -0.3 is 9.47 Å². The third-order valence-electron chi connectivity index (χ3n) is 4.20. The summed E-state index contributed by atoms with van der Waals surface area (Å²) in [5, 5.41) is 0. The average Bonchev–Trinajstić information content (AvgIpc) is 2.42. The first-order valence-corrected chi connectivity index (χ1v) is 9.13. The Morgan fingerprint density at radius 1 is 0.481 bits per heavy atom. The molecule has 156 valence electrons. The van der Waals surface area contributed by atoms with E-state index in [1.54, 1.807) is 41.5 Å². The molecule has 0 saturated heterocycles. The molecule has 0 aromatic heterocycles. The van der Waals surface area contributed by atoms with Crippen molar-refractivity contribution in [1.82, 2.24) is 0 Å². The summed E-state index contributed by atoms with van der Waals surface area (Å²) < 4.78 is 10.7. The van der Waals surface area contributed by atoms with E-state index in [2.05, 4.69) is 0 Å². The first kappa shape index (κ1) is 25.3. The van der Waals surface area contributed by atoms with Gasteiger partial charge in [0.05, 0.1) is 0 Å². The molecule has 0 saturated carbocycles. The molecule has 0 aliphatic heterocycles. The molecule has 6 heteroatoms. The first-order chi connectivity index (χ1) is 11.6. The molecule has 0 spiro atoms. The van der Waals surface area contributed by atoms with E-state index in [1.165, 1.54) is 41.5 Å². The van der Waals surface area contributed by atoms with Crippen molar-refractivity contribution in [2.45, 2.75) is 88.9 Å². The molecule has 0 aliphatic carbocycles. The Bertz CT molecular complexity index is 570. The number of hydrogen-bond donors (Lipinski definition) is 0. The molecule has 0 unspecified atom stereocenters. The van der Waals surface area contributed by atoms with Gasteiger partial charge in [-0.2, -0.15) is 0 Å². The summed E-state index contributed by atoms with van der Waals surface area (Å²) in [6, 6.07) is 0. The van der Waals surface area contributed by atoms with E-state index in [4.69, 9.17) is 9.47 Å². The predicted octanol–water partition coefficient (Wildman–Crippen LogP) is 4.09. The van der Waals surface area contributed by atoms with Crippen LogP contribution < -0.4 is 0 Å². The minimum atomic E-state index is -1.63. The molecule has 0 heterocycles. The third kappa shape index (κ3) is 6.15. The number of carbonyl (C=O) groups is 4. The fraction of sp³-hybridized carbons (Fsp3) is 0.810. The predicted molar refractivity (Wildman–Crippen MR) is 103 cm³/mol. The Hall–Kier alpha value is -1.72. The highest BCUT2D eigenvalue weighted by atomic mass is 16.7. The molecule has 0 rings (SSSR count). The number of carbonyl (C=O) groups excluding carboxylic acids is 4. The Kier molecular flexibility index (Phi) is 6.89. The van der Waals surface area contributed by atoms with Crippen molar-refractivity contribution >= 4 is 23.5 Å². The molecule has 6 nitrogen and oxygen atoms in total. The molecule has 0 aromatic rings. The zero-order valence-electron chi connectivity index (χ0n) is 18.9. The zero-order valence-corrected chi connectivity index (χ0v) is 18.9. The lowest BCUT2D eigenvalue weighted by atomic mass is 9.74. The van der Waals surface area contributed by atoms with Crippen molar-refractivity contribution < 1.29 is 28.7 Å². The lowest BCUT2D eigenvalue weighted by Crippen LogP contribution is -2.48. The molecule has 0 radical (unpaired) electrons. The molecule has 0 amide bonds. The van der Waals surface area contributed by atoms with Gasteiger partial charge in [-0.15, -0.1) is 0 Å². The number of rotatable bonds is 6. The Labute approximate surface area is 163 Å². The Morgan fingerprint density at radius 3 is 0.889 bits per heavy atom. The second-order valence-electron chi connectivity index (χ2n) is 10.6. The van der Waals surface area contributed by atoms with E-state index in [0.29, 0.717) is 0 Å². The lowest BCUT2D eigenvalue weighted by Gasteiger charge is -2.35. The van der Waals surface area contributed by atoms with Crippen molar-refractivity contribution in [3.8, 4) is 0 Å². The van der Waals surface area contributed by atoms with Crippen LogP contribution in [0.2, 0.25) is 0 Å². The van der Waals surface area contributed by atoms with E-state index < -0.39 is 39.4 Å². The molecule has 0 aromatic carbocycles. The van der Waals surface area contributed by atoms with E-state index >= 15 is 0 Å². The number of ether oxygens (including phenoxy) is 2. The van der Waals surface area contributed by atoms with Crippen LogP contribution >= 0.6 is 0 Å². The van der Waals surface area contributed by atoms with E-state index in [0.717, 1.165) is 0 Å². The highest BCUT2D eigenvalue weighted by Crippen LogP contribution is 2.34. The van der Waals surface area contributed by atoms with E-state index in [-0.39, 0.29) is 11.6 Å². The van der Waals surface area contributed by atoms with Crippen LogP contribution in [-0.2, 0) is 28.7 Å². The molecule has 0 bridgehead atoms. The minimum Gasteiger partial charge on any atom is -0.422 e. The maximum Gasteiger partial charge on any atom is 0.322 e. The second-order valence-corrected chi connectivity index (χ2v) is 10.6. The molecular formula is C21H36O6. The van der Waals surface area contributed by atoms with E-state index in [9.17, 15) is 19.2 Å². The Balaban J connectivity index is 5.40. The number of Topliss-reactive ketones (excluding diaryl/α,β-unsaturated/α-hetero) is 2. The average molecular weight is 385 g/mol. The van der Waals surface area contributed by atoms with Crippen LogP contribution in [0.3, 0.4) is 0 Å². The molecule has 0 aliphatic rings. The van der Waals surface area contributed by atoms with Gasteiger partial charge in [-0.05, 0) is 27.7 Å². The van der Waals surface area contributed by atoms with Crippen LogP contribution in [0.15, 0.2) is 0 Å². The van der Waals surface area contributed by atoms with Gasteiger partial charge in [-0.25, -0.2) is 0 Å². The van der Waals surface area contributed by atoms with Gasteiger partial charge in [0.2, 0.25) is 0 Å². The highest BCUT2D eigenvalue weighted by molar-refractivity contribution is 6.06. The second kappa shape index (κ2) is 7.36. The fourth-order valence-electron chi connectivity index (χ4n) is 2.78. The monoisotopic (exact) mass is 384 g/mol. The van der Waals surface area contributed by atoms with Gasteiger partial charge >= 0.3 is 11.9 Å². The molecule has 0 fully saturated rings. The summed E-state index contributed by atoms with van der Waals surface area (Å²) in [6.07, 6.45) is 0. The smallest absolute Gasteiger partial charge is 0.322 e. The standard InChI is InChI=1S/C21H36O6/c1-17(2,3)13(22)19(7,8)15(24)26-21(11,12)27-16(25)20(9,10)14(23)18(4,5)6/h1-12H3. The van der Waals surface area contributed by atoms with Crippen molar-refractivity contribution in [3.63, 3.8) is 0 Å². The van der Waals surface area contributed by atoms with Crippen LogP contribution in [0.25, 0.3) is 0 Å². The van der Waals surface area contributed by atoms with Crippen LogP contribution in [0, 0.1) is 21.7 Å². The topological polar surface area (TPSA) is 86.7 Å². The summed E-state index contributed by atoms with van der Waals surface area (Å²) in [7, 11) is 0. The summed E-state index contributed by atoms with van der Waals surface area (Å²) >= 11 is 0. The summed E-state index contributed by atoms with van der Waals surface area (Å²) in [5.41, 5.74) is -4.27. The SMILES string of the molecule is CC(C)(OC(=O)C(C)(C)C(=O)C(C)(C)C)OC(=O)C(C)(C)C(=O)C(C)(C)C. The van der Waals surface area contributed by atoms with Crippen molar-refractivity contribution in [2.75, 3.05) is 0 Å². The largest absolute Gasteiger partial charge is 0.422 e. The van der Waals surface area contributed by atoms with Crippen LogP contribution in [0.5, 0.6) is 0 Å². The van der Waals surface area contributed by atoms with Gasteiger partial charge in [0.15, 0.2) is 11.6 Å². The number of hydrogen-bond acceptors (Lipinski definition) is 6. The van der Waals surface area contributed by atoms with Crippen molar-refractivity contribution in [1.29, 1.82) is 0 Å². The minimum absolute atomic E-state index is 0.287. The summed E-state index contributed by atoms with van der Waals surface area (Å²) in [6.45, 7) is 19.0. The van der Waals surface area contributed by atoms with Crippen molar-refractivity contribution in [2.24, 2.45) is 21.7 Å². The van der Waals surface area contributed by atoms with Gasteiger partial charge in [-0.3, -0.25) is 19.2 Å². The van der Waals surface area contributed by atoms with E-state index in [1.807, 2.05) is 0 Å². The van der Waals surface area contributed by atoms with Crippen LogP contribution in [0.1, 0.15) is 83.1 Å². The molecule has 27 heavy (non-hydrogen) atoms. The molecule has 0 N–H and O–H groups in total. The number of esters is 2. The quantitative estimate of drug-likeness (QED) is 0.389. The Morgan fingerprint density at radius 2 is 0.704 bits per heavy atom. The maximum absolute atomic E-state index is 12.6. The van der Waals surface area contributed by atoms with Crippen LogP contribution in [-0.4, -0.2) is 29.3 Å². The van der Waals surface area contributed by atoms with Gasteiger partial charge in [0.25, 0.3) is 5.79 Å². The first-order valence-electron chi connectivity index (χ1n) is 9.13. The highest BCUT2D eigenvalue weighted by Gasteiger charge is 2.48. The van der Waals surface area contributed by atoms with Gasteiger partial charge in [0, 0.05) is 24.7 Å². The molecular weight excluding hydrogens is 348 g/mol. The normalized spacial score (nSPS) is 13.8.